The van der Waals surface area contributed by atoms with Crippen LogP contribution in [-0.2, 0) is 19.1 Å². The number of ether oxygens (including phenoxy) is 2. The second kappa shape index (κ2) is 11.9. The summed E-state index contributed by atoms with van der Waals surface area (Å²) < 4.78 is 9.78. The van der Waals surface area contributed by atoms with Crippen LogP contribution in [0, 0.1) is 0 Å². The Morgan fingerprint density at radius 1 is 0.800 bits per heavy atom. The monoisotopic (exact) mass is 510 g/mol. The smallest absolute Gasteiger partial charge is 0.376 e. The highest BCUT2D eigenvalue weighted by Gasteiger charge is 2.08. The molecule has 0 aromatic heterocycles. The van der Waals surface area contributed by atoms with Gasteiger partial charge in [-0.2, -0.15) is 0 Å². The van der Waals surface area contributed by atoms with E-state index in [1.54, 1.807) is 0 Å². The Labute approximate surface area is 142 Å². The molecule has 8 nitrogen and oxygen atoms in total. The molecule has 0 spiro atoms. The topological polar surface area (TPSA) is 111 Å². The Kier molecular flexibility index (Phi) is 11.3. The predicted octanol–water partition coefficient (Wildman–Crippen LogP) is 1.61. The first-order chi connectivity index (χ1) is 9.49. The number of nitrogens with one attached hydrogen (secondary N) is 2. The second-order valence-electron chi connectivity index (χ2n) is 3.02. The standard InChI is InChI=1S/C10H12I2N2O6/c11-3-1-7(15)19-9(17)13-5-6-14-10(18)20-8(16)2-4-12/h5-6H,1-4H2,(H,13,17)(H,14,18)/b6-5+. The normalized spacial score (nSPS) is 9.90. The third-order valence-corrected chi connectivity index (χ3v) is 2.57. The fourth-order valence-electron chi connectivity index (χ4n) is 0.741. The highest BCUT2D eigenvalue weighted by atomic mass is 127. The molecule has 0 atom stereocenters. The summed E-state index contributed by atoms with van der Waals surface area (Å²) in [6.45, 7) is 0. The van der Waals surface area contributed by atoms with Crippen LogP contribution in [0.1, 0.15) is 12.8 Å². The molecule has 0 rings (SSSR count). The Hall–Kier alpha value is -0.920. The number of alkyl carbamates (subject to hydrolysis) is 2. The molecule has 0 aliphatic rings. The first-order valence-corrected chi connectivity index (χ1v) is 8.34. The van der Waals surface area contributed by atoms with Gasteiger partial charge in [-0.05, 0) is 0 Å². The van der Waals surface area contributed by atoms with Gasteiger partial charge >= 0.3 is 24.1 Å². The minimum Gasteiger partial charge on any atom is -0.376 e. The number of hydrogen-bond donors (Lipinski definition) is 2. The molecule has 0 heterocycles. The number of hydrogen-bond acceptors (Lipinski definition) is 6. The summed E-state index contributed by atoms with van der Waals surface area (Å²) in [5, 5.41) is 4.17. The summed E-state index contributed by atoms with van der Waals surface area (Å²) in [7, 11) is 0. The fraction of sp³-hybridized carbons (Fsp3) is 0.400. The zero-order valence-electron chi connectivity index (χ0n) is 10.2. The highest BCUT2D eigenvalue weighted by Crippen LogP contribution is 1.93. The van der Waals surface area contributed by atoms with Crippen LogP contribution in [0.25, 0.3) is 0 Å². The third-order valence-electron chi connectivity index (χ3n) is 1.50. The van der Waals surface area contributed by atoms with E-state index in [1.165, 1.54) is 0 Å². The zero-order chi connectivity index (χ0) is 15.4. The third kappa shape index (κ3) is 11.0. The highest BCUT2D eigenvalue weighted by molar-refractivity contribution is 14.1. The molecule has 0 aliphatic carbocycles. The minimum absolute atomic E-state index is 0.126. The van der Waals surface area contributed by atoms with Crippen molar-refractivity contribution in [3.63, 3.8) is 0 Å². The minimum atomic E-state index is -0.966. The van der Waals surface area contributed by atoms with E-state index in [-0.39, 0.29) is 12.8 Å². The van der Waals surface area contributed by atoms with Gasteiger partial charge in [-0.25, -0.2) is 9.59 Å². The van der Waals surface area contributed by atoms with Crippen molar-refractivity contribution in [3.8, 4) is 0 Å². The molecular formula is C10H12I2N2O6. The number of halogens is 2. The van der Waals surface area contributed by atoms with Crippen LogP contribution in [0.15, 0.2) is 12.4 Å². The number of esters is 2. The molecule has 10 heteroatoms. The van der Waals surface area contributed by atoms with E-state index in [9.17, 15) is 19.2 Å². The van der Waals surface area contributed by atoms with E-state index >= 15 is 0 Å². The summed E-state index contributed by atoms with van der Waals surface area (Å²) in [5.74, 6) is -1.30. The number of alkyl halides is 2. The Morgan fingerprint density at radius 3 is 1.45 bits per heavy atom. The van der Waals surface area contributed by atoms with Crippen LogP contribution >= 0.6 is 45.2 Å². The summed E-state index contributed by atoms with van der Waals surface area (Å²) in [4.78, 5) is 43.9. The average molecular weight is 510 g/mol. The van der Waals surface area contributed by atoms with Gasteiger partial charge in [0.2, 0.25) is 0 Å². The van der Waals surface area contributed by atoms with Gasteiger partial charge in [0.05, 0.1) is 12.8 Å². The van der Waals surface area contributed by atoms with Crippen LogP contribution < -0.4 is 10.6 Å². The van der Waals surface area contributed by atoms with Gasteiger partial charge in [0.25, 0.3) is 0 Å². The van der Waals surface area contributed by atoms with Crippen molar-refractivity contribution in [2.24, 2.45) is 0 Å². The fourth-order valence-corrected chi connectivity index (χ4v) is 1.62. The van der Waals surface area contributed by atoms with Gasteiger partial charge in [-0.3, -0.25) is 20.2 Å². The number of amides is 2. The van der Waals surface area contributed by atoms with Gasteiger partial charge in [0, 0.05) is 21.3 Å². The largest absolute Gasteiger partial charge is 0.418 e. The van der Waals surface area contributed by atoms with Crippen molar-refractivity contribution >= 4 is 69.3 Å². The van der Waals surface area contributed by atoms with Crippen LogP contribution in [0.5, 0.6) is 0 Å². The van der Waals surface area contributed by atoms with Gasteiger partial charge in [-0.1, -0.05) is 45.2 Å². The summed E-state index contributed by atoms with van der Waals surface area (Å²) >= 11 is 3.94. The van der Waals surface area contributed by atoms with E-state index in [1.807, 2.05) is 45.2 Å². The van der Waals surface area contributed by atoms with Crippen LogP contribution in [0.4, 0.5) is 9.59 Å². The van der Waals surface area contributed by atoms with Gasteiger partial charge in [0.1, 0.15) is 0 Å². The predicted molar refractivity (Wildman–Crippen MR) is 85.4 cm³/mol. The lowest BCUT2D eigenvalue weighted by molar-refractivity contribution is -0.137. The SMILES string of the molecule is O=C(CCI)OC(=O)N/C=C/NC(=O)OC(=O)CCI. The van der Waals surface area contributed by atoms with Crippen molar-refractivity contribution in [2.75, 3.05) is 8.86 Å². The molecule has 0 saturated carbocycles. The molecule has 112 valence electrons. The lowest BCUT2D eigenvalue weighted by atomic mass is 10.5. The first kappa shape index (κ1) is 19.1. The van der Waals surface area contributed by atoms with Crippen LogP contribution in [-0.4, -0.2) is 33.0 Å². The van der Waals surface area contributed by atoms with E-state index in [4.69, 9.17) is 0 Å². The number of carbonyl (C=O) groups excluding carboxylic acids is 4. The van der Waals surface area contributed by atoms with Crippen molar-refractivity contribution < 1.29 is 28.7 Å². The van der Waals surface area contributed by atoms with E-state index in [2.05, 4.69) is 20.1 Å². The van der Waals surface area contributed by atoms with E-state index in [0.717, 1.165) is 12.4 Å². The molecule has 0 bridgehead atoms. The first-order valence-electron chi connectivity index (χ1n) is 5.29. The van der Waals surface area contributed by atoms with Crippen LogP contribution in [0.3, 0.4) is 0 Å². The second-order valence-corrected chi connectivity index (χ2v) is 5.18. The van der Waals surface area contributed by atoms with E-state index in [0.29, 0.717) is 8.86 Å². The maximum atomic E-state index is 11.0. The molecule has 2 N–H and O–H groups in total. The molecule has 0 aromatic rings. The van der Waals surface area contributed by atoms with Gasteiger partial charge < -0.3 is 9.47 Å². The molecule has 2 amide bonds. The van der Waals surface area contributed by atoms with Gasteiger partial charge in [-0.15, -0.1) is 0 Å². The van der Waals surface area contributed by atoms with Crippen molar-refractivity contribution in [1.29, 1.82) is 0 Å². The lowest BCUT2D eigenvalue weighted by Crippen LogP contribution is -2.25. The lowest BCUT2D eigenvalue weighted by Gasteiger charge is -2.01. The Balaban J connectivity index is 3.85. The maximum Gasteiger partial charge on any atom is 0.418 e. The van der Waals surface area contributed by atoms with Gasteiger partial charge in [0.15, 0.2) is 0 Å². The Bertz CT molecular complexity index is 363. The molecular weight excluding hydrogens is 498 g/mol. The van der Waals surface area contributed by atoms with Crippen molar-refractivity contribution in [1.82, 2.24) is 10.6 Å². The molecule has 0 saturated heterocycles. The quantitative estimate of drug-likeness (QED) is 0.243. The molecule has 0 aromatic carbocycles. The molecule has 0 fully saturated rings. The van der Waals surface area contributed by atoms with Crippen molar-refractivity contribution in [3.05, 3.63) is 12.4 Å². The van der Waals surface area contributed by atoms with E-state index < -0.39 is 24.1 Å². The molecule has 20 heavy (non-hydrogen) atoms. The summed E-state index contributed by atoms with van der Waals surface area (Å²) in [6.07, 6.45) is 0.384. The Morgan fingerprint density at radius 2 is 1.15 bits per heavy atom. The molecule has 0 unspecified atom stereocenters. The number of rotatable bonds is 6. The average Bonchev–Trinajstić information content (AvgIpc) is 2.35. The maximum absolute atomic E-state index is 11.0. The number of carbonyl (C=O) groups is 4. The molecule has 0 radical (unpaired) electrons. The zero-order valence-corrected chi connectivity index (χ0v) is 14.5. The van der Waals surface area contributed by atoms with Crippen molar-refractivity contribution in [2.45, 2.75) is 12.8 Å². The summed E-state index contributed by atoms with van der Waals surface area (Å²) in [6, 6.07) is 0. The van der Waals surface area contributed by atoms with Crippen LogP contribution in [0.2, 0.25) is 0 Å². The molecule has 0 aliphatic heterocycles. The summed E-state index contributed by atoms with van der Waals surface area (Å²) in [5.41, 5.74) is 0.